The Morgan fingerprint density at radius 3 is 2.57 bits per heavy atom. The van der Waals surface area contributed by atoms with Gasteiger partial charge in [-0.05, 0) is 31.2 Å². The highest BCUT2D eigenvalue weighted by Crippen LogP contribution is 2.35. The number of carbonyl (C=O) groups is 1. The lowest BCUT2D eigenvalue weighted by atomic mass is 9.99. The first-order valence-corrected chi connectivity index (χ1v) is 8.43. The van der Waals surface area contributed by atoms with Gasteiger partial charge in [0.15, 0.2) is 0 Å². The first-order valence-electron chi connectivity index (χ1n) is 7.20. The first-order chi connectivity index (χ1) is 10.9. The van der Waals surface area contributed by atoms with Crippen molar-refractivity contribution in [2.24, 2.45) is 0 Å². The molecule has 2 rings (SSSR count). The van der Waals surface area contributed by atoms with Gasteiger partial charge in [0.05, 0.1) is 11.3 Å². The standard InChI is InChI=1S/C15H19F3N2O2S/c1-23-14(6-8-22-9-7-14)10-19-13(21)20-12-5-3-2-4-11(12)15(16,17)18/h2-5H,6-10H2,1H3,(H2,19,20,21). The van der Waals surface area contributed by atoms with Crippen LogP contribution in [0.25, 0.3) is 0 Å². The van der Waals surface area contributed by atoms with Crippen LogP contribution in [0.3, 0.4) is 0 Å². The molecule has 1 aromatic carbocycles. The molecule has 1 aliphatic rings. The van der Waals surface area contributed by atoms with Gasteiger partial charge in [0, 0.05) is 24.5 Å². The van der Waals surface area contributed by atoms with E-state index in [1.165, 1.54) is 18.2 Å². The van der Waals surface area contributed by atoms with Crippen molar-refractivity contribution in [3.8, 4) is 0 Å². The maximum absolute atomic E-state index is 12.9. The molecule has 0 aromatic heterocycles. The molecule has 0 atom stereocenters. The van der Waals surface area contributed by atoms with Gasteiger partial charge in [0.2, 0.25) is 0 Å². The summed E-state index contributed by atoms with van der Waals surface area (Å²) in [5, 5.41) is 4.96. The average Bonchev–Trinajstić information content (AvgIpc) is 2.53. The molecule has 23 heavy (non-hydrogen) atoms. The molecule has 1 fully saturated rings. The van der Waals surface area contributed by atoms with Crippen LogP contribution in [0.5, 0.6) is 0 Å². The molecule has 2 amide bonds. The Bertz CT molecular complexity index is 546. The van der Waals surface area contributed by atoms with Crippen LogP contribution in [-0.2, 0) is 10.9 Å². The van der Waals surface area contributed by atoms with Crippen molar-refractivity contribution in [3.63, 3.8) is 0 Å². The predicted molar refractivity (Wildman–Crippen MR) is 84.8 cm³/mol. The number of halogens is 3. The topological polar surface area (TPSA) is 50.4 Å². The van der Waals surface area contributed by atoms with Crippen LogP contribution < -0.4 is 10.6 Å². The summed E-state index contributed by atoms with van der Waals surface area (Å²) in [6, 6.07) is 4.28. The number of carbonyl (C=O) groups excluding carboxylic acids is 1. The summed E-state index contributed by atoms with van der Waals surface area (Å²) in [7, 11) is 0. The molecule has 0 bridgehead atoms. The van der Waals surface area contributed by atoms with Gasteiger partial charge in [-0.2, -0.15) is 24.9 Å². The zero-order valence-electron chi connectivity index (χ0n) is 12.7. The third kappa shape index (κ3) is 4.78. The van der Waals surface area contributed by atoms with Gasteiger partial charge in [-0.1, -0.05) is 12.1 Å². The van der Waals surface area contributed by atoms with E-state index in [0.717, 1.165) is 18.9 Å². The van der Waals surface area contributed by atoms with Gasteiger partial charge in [0.25, 0.3) is 0 Å². The molecular formula is C15H19F3N2O2S. The van der Waals surface area contributed by atoms with Crippen LogP contribution in [0.15, 0.2) is 24.3 Å². The molecular weight excluding hydrogens is 329 g/mol. The molecule has 1 aromatic rings. The Hall–Kier alpha value is -1.41. The number of hydrogen-bond donors (Lipinski definition) is 2. The van der Waals surface area contributed by atoms with Crippen molar-refractivity contribution in [1.29, 1.82) is 0 Å². The third-order valence-electron chi connectivity index (χ3n) is 3.89. The molecule has 1 saturated heterocycles. The van der Waals surface area contributed by atoms with Gasteiger partial charge in [-0.25, -0.2) is 4.79 Å². The summed E-state index contributed by atoms with van der Waals surface area (Å²) >= 11 is 1.65. The molecule has 0 aliphatic carbocycles. The fourth-order valence-corrected chi connectivity index (χ4v) is 3.24. The Morgan fingerprint density at radius 1 is 1.30 bits per heavy atom. The van der Waals surface area contributed by atoms with Gasteiger partial charge < -0.3 is 15.4 Å². The number of urea groups is 1. The van der Waals surface area contributed by atoms with Gasteiger partial charge in [-0.3, -0.25) is 0 Å². The number of nitrogens with one attached hydrogen (secondary N) is 2. The van der Waals surface area contributed by atoms with E-state index in [2.05, 4.69) is 10.6 Å². The van der Waals surface area contributed by atoms with Gasteiger partial charge >= 0.3 is 12.2 Å². The van der Waals surface area contributed by atoms with E-state index in [1.54, 1.807) is 11.8 Å². The Labute approximate surface area is 137 Å². The van der Waals surface area contributed by atoms with Crippen molar-refractivity contribution >= 4 is 23.5 Å². The number of amides is 2. The van der Waals surface area contributed by atoms with Crippen molar-refractivity contribution in [3.05, 3.63) is 29.8 Å². The SMILES string of the molecule is CSC1(CNC(=O)Nc2ccccc2C(F)(F)F)CCOCC1. The molecule has 128 valence electrons. The van der Waals surface area contributed by atoms with Crippen LogP contribution in [0.1, 0.15) is 18.4 Å². The minimum Gasteiger partial charge on any atom is -0.381 e. The molecule has 0 spiro atoms. The van der Waals surface area contributed by atoms with Crippen LogP contribution in [-0.4, -0.2) is 36.8 Å². The van der Waals surface area contributed by atoms with Crippen LogP contribution >= 0.6 is 11.8 Å². The van der Waals surface area contributed by atoms with Crippen molar-refractivity contribution < 1.29 is 22.7 Å². The van der Waals surface area contributed by atoms with E-state index in [4.69, 9.17) is 4.74 Å². The summed E-state index contributed by atoms with van der Waals surface area (Å²) in [5.41, 5.74) is -1.11. The molecule has 8 heteroatoms. The number of anilines is 1. The van der Waals surface area contributed by atoms with E-state index in [9.17, 15) is 18.0 Å². The number of benzene rings is 1. The van der Waals surface area contributed by atoms with Crippen LogP contribution in [0, 0.1) is 0 Å². The maximum Gasteiger partial charge on any atom is 0.418 e. The molecule has 0 unspecified atom stereocenters. The van der Waals surface area contributed by atoms with Gasteiger partial charge in [0.1, 0.15) is 0 Å². The highest BCUT2D eigenvalue weighted by molar-refractivity contribution is 8.00. The van der Waals surface area contributed by atoms with E-state index in [1.807, 2.05) is 6.26 Å². The van der Waals surface area contributed by atoms with Crippen LogP contribution in [0.4, 0.5) is 23.7 Å². The summed E-state index contributed by atoms with van der Waals surface area (Å²) < 4.78 is 43.9. The number of hydrogen-bond acceptors (Lipinski definition) is 3. The lowest BCUT2D eigenvalue weighted by Gasteiger charge is -2.35. The highest BCUT2D eigenvalue weighted by Gasteiger charge is 2.34. The van der Waals surface area contributed by atoms with Crippen molar-refractivity contribution in [2.75, 3.05) is 31.3 Å². The maximum atomic E-state index is 12.9. The molecule has 0 radical (unpaired) electrons. The normalized spacial score (nSPS) is 17.6. The summed E-state index contributed by atoms with van der Waals surface area (Å²) in [6.45, 7) is 1.64. The Morgan fingerprint density at radius 2 is 1.96 bits per heavy atom. The van der Waals surface area contributed by atoms with E-state index in [0.29, 0.717) is 19.8 Å². The molecule has 1 aliphatic heterocycles. The Balaban J connectivity index is 1.98. The molecule has 1 heterocycles. The second kappa shape index (κ2) is 7.44. The lowest BCUT2D eigenvalue weighted by molar-refractivity contribution is -0.136. The number of alkyl halides is 3. The summed E-state index contributed by atoms with van der Waals surface area (Å²) in [5.74, 6) is 0. The zero-order valence-corrected chi connectivity index (χ0v) is 13.5. The van der Waals surface area contributed by atoms with E-state index >= 15 is 0 Å². The minimum atomic E-state index is -4.51. The zero-order chi connectivity index (χ0) is 16.9. The minimum absolute atomic E-state index is 0.126. The Kier molecular flexibility index (Phi) is 5.80. The number of thioether (sulfide) groups is 1. The number of ether oxygens (including phenoxy) is 1. The fourth-order valence-electron chi connectivity index (χ4n) is 2.44. The average molecular weight is 348 g/mol. The quantitative estimate of drug-likeness (QED) is 0.871. The van der Waals surface area contributed by atoms with Gasteiger partial charge in [-0.15, -0.1) is 0 Å². The lowest BCUT2D eigenvalue weighted by Crippen LogP contribution is -2.45. The number of rotatable bonds is 4. The van der Waals surface area contributed by atoms with Crippen molar-refractivity contribution in [2.45, 2.75) is 23.8 Å². The van der Waals surface area contributed by atoms with E-state index < -0.39 is 17.8 Å². The summed E-state index contributed by atoms with van der Waals surface area (Å²) in [6.07, 6.45) is -0.948. The molecule has 4 nitrogen and oxygen atoms in total. The van der Waals surface area contributed by atoms with Crippen LogP contribution in [0.2, 0.25) is 0 Å². The molecule has 0 saturated carbocycles. The summed E-state index contributed by atoms with van der Waals surface area (Å²) in [4.78, 5) is 12.0. The monoisotopic (exact) mass is 348 g/mol. The third-order valence-corrected chi connectivity index (χ3v) is 5.31. The largest absolute Gasteiger partial charge is 0.418 e. The van der Waals surface area contributed by atoms with E-state index in [-0.39, 0.29) is 10.4 Å². The smallest absolute Gasteiger partial charge is 0.381 e. The second-order valence-electron chi connectivity index (χ2n) is 5.35. The van der Waals surface area contributed by atoms with Crippen molar-refractivity contribution in [1.82, 2.24) is 5.32 Å². The highest BCUT2D eigenvalue weighted by atomic mass is 32.2. The predicted octanol–water partition coefficient (Wildman–Crippen LogP) is 3.74. The molecule has 2 N–H and O–H groups in total. The number of para-hydroxylation sites is 1. The fraction of sp³-hybridized carbons (Fsp3) is 0.533. The second-order valence-corrected chi connectivity index (χ2v) is 6.62. The first kappa shape index (κ1) is 17.9.